The Kier molecular flexibility index (Phi) is 6.33. The molecular formula is C26H32N2O4S. The van der Waals surface area contributed by atoms with Gasteiger partial charge in [-0.1, -0.05) is 39.8 Å². The van der Waals surface area contributed by atoms with Crippen molar-refractivity contribution in [3.63, 3.8) is 0 Å². The minimum Gasteiger partial charge on any atom is -0.386 e. The summed E-state index contributed by atoms with van der Waals surface area (Å²) in [5, 5.41) is 10.4. The smallest absolute Gasteiger partial charge is 0.263 e. The van der Waals surface area contributed by atoms with Gasteiger partial charge in [-0.3, -0.25) is 14.3 Å². The van der Waals surface area contributed by atoms with Crippen molar-refractivity contribution in [2.75, 3.05) is 0 Å². The molecule has 33 heavy (non-hydrogen) atoms. The van der Waals surface area contributed by atoms with Crippen LogP contribution in [0.5, 0.6) is 0 Å². The number of aliphatic hydroxyl groups is 1. The van der Waals surface area contributed by atoms with Crippen LogP contribution < -0.4 is 4.72 Å². The summed E-state index contributed by atoms with van der Waals surface area (Å²) in [5.41, 5.74) is 5.95. The Balaban J connectivity index is 1.74. The van der Waals surface area contributed by atoms with E-state index in [0.29, 0.717) is 29.2 Å². The van der Waals surface area contributed by atoms with Gasteiger partial charge >= 0.3 is 0 Å². The topological polar surface area (TPSA) is 88.0 Å². The highest BCUT2D eigenvalue weighted by atomic mass is 32.2. The maximum Gasteiger partial charge on any atom is 0.263 e. The molecule has 7 heteroatoms. The molecule has 0 bridgehead atoms. The third-order valence-corrected chi connectivity index (χ3v) is 7.79. The lowest BCUT2D eigenvalue weighted by Gasteiger charge is -2.22. The van der Waals surface area contributed by atoms with E-state index in [4.69, 9.17) is 4.74 Å². The van der Waals surface area contributed by atoms with E-state index in [2.05, 4.69) is 42.8 Å². The maximum atomic E-state index is 13.2. The predicted molar refractivity (Wildman–Crippen MR) is 129 cm³/mol. The minimum atomic E-state index is -1.07. The summed E-state index contributed by atoms with van der Waals surface area (Å²) in [6, 6.07) is 7.40. The van der Waals surface area contributed by atoms with Crippen LogP contribution in [0.2, 0.25) is 0 Å². The van der Waals surface area contributed by atoms with Crippen LogP contribution in [0.3, 0.4) is 0 Å². The van der Waals surface area contributed by atoms with Gasteiger partial charge < -0.3 is 9.84 Å². The monoisotopic (exact) mass is 468 g/mol. The zero-order chi connectivity index (χ0) is 24.1. The van der Waals surface area contributed by atoms with E-state index in [0.717, 1.165) is 11.1 Å². The molecule has 0 aromatic heterocycles. The fourth-order valence-corrected chi connectivity index (χ4v) is 6.07. The number of nitrogens with one attached hydrogen (secondary N) is 1. The first-order valence-electron chi connectivity index (χ1n) is 11.4. The standard InChI is InChI=1S/C26H32N2O4S/c1-14(2)19-9-16-12-32-13-21(16)24(15(3)4)20(19)11-23(29)27-33-22-10-17(26(5,6)31)7-8-18(22)25(30)28-33/h7-10,14-15,31H,11-13H2,1-6H3,(H,27,28,29,30). The van der Waals surface area contributed by atoms with Crippen LogP contribution in [0.15, 0.2) is 33.5 Å². The van der Waals surface area contributed by atoms with Gasteiger partial charge in [0, 0.05) is 10.9 Å². The number of ether oxygens (including phenoxy) is 1. The summed E-state index contributed by atoms with van der Waals surface area (Å²) in [4.78, 5) is 26.3. The molecule has 2 amide bonds. The first-order valence-corrected chi connectivity index (χ1v) is 12.6. The van der Waals surface area contributed by atoms with Gasteiger partial charge in [-0.2, -0.15) is 4.36 Å². The maximum absolute atomic E-state index is 13.2. The van der Waals surface area contributed by atoms with Gasteiger partial charge in [0.05, 0.1) is 35.7 Å². The fourth-order valence-electron chi connectivity index (χ4n) is 4.65. The van der Waals surface area contributed by atoms with Gasteiger partial charge in [0.25, 0.3) is 11.8 Å². The van der Waals surface area contributed by atoms with E-state index in [-0.39, 0.29) is 30.1 Å². The van der Waals surface area contributed by atoms with Crippen LogP contribution >= 0.6 is 0 Å². The van der Waals surface area contributed by atoms with Crippen LogP contribution in [-0.4, -0.2) is 16.9 Å². The number of fused-ring (bicyclic) bond motifs is 2. The van der Waals surface area contributed by atoms with Gasteiger partial charge in [-0.05, 0) is 71.2 Å². The highest BCUT2D eigenvalue weighted by molar-refractivity contribution is 7.87. The molecular weight excluding hydrogens is 436 g/mol. The van der Waals surface area contributed by atoms with Crippen molar-refractivity contribution in [3.05, 3.63) is 63.2 Å². The summed E-state index contributed by atoms with van der Waals surface area (Å²) >= 11 is 0. The van der Waals surface area contributed by atoms with Crippen molar-refractivity contribution >= 4 is 22.7 Å². The lowest BCUT2D eigenvalue weighted by Crippen LogP contribution is -2.18. The average molecular weight is 469 g/mol. The number of carbonyl (C=O) groups is 2. The van der Waals surface area contributed by atoms with Crippen molar-refractivity contribution in [3.8, 4) is 0 Å². The molecule has 4 rings (SSSR count). The lowest BCUT2D eigenvalue weighted by molar-refractivity contribution is -0.117. The first-order chi connectivity index (χ1) is 15.5. The highest BCUT2D eigenvalue weighted by Crippen LogP contribution is 2.37. The van der Waals surface area contributed by atoms with Gasteiger partial charge in [0.2, 0.25) is 0 Å². The lowest BCUT2D eigenvalue weighted by atomic mass is 9.82. The molecule has 2 N–H and O–H groups in total. The summed E-state index contributed by atoms with van der Waals surface area (Å²) in [5.74, 6) is 0.0148. The van der Waals surface area contributed by atoms with Crippen molar-refractivity contribution in [2.24, 2.45) is 4.36 Å². The summed E-state index contributed by atoms with van der Waals surface area (Å²) in [6.45, 7) is 13.2. The zero-order valence-electron chi connectivity index (χ0n) is 20.1. The summed E-state index contributed by atoms with van der Waals surface area (Å²) in [6.07, 6.45) is 0.189. The SMILES string of the molecule is CC(C)c1cc2c(c(C(C)C)c1CC(=O)N=S1NC(=O)c3ccc(C(C)(C)O)cc31)COC2. The molecule has 2 aliphatic rings. The minimum absolute atomic E-state index is 0.189. The third-order valence-electron chi connectivity index (χ3n) is 6.27. The molecule has 6 nitrogen and oxygen atoms in total. The average Bonchev–Trinajstić information content (AvgIpc) is 3.30. The van der Waals surface area contributed by atoms with Gasteiger partial charge in [-0.25, -0.2) is 0 Å². The Morgan fingerprint density at radius 1 is 1.18 bits per heavy atom. The molecule has 2 aliphatic heterocycles. The van der Waals surface area contributed by atoms with Crippen molar-refractivity contribution < 1.29 is 19.4 Å². The van der Waals surface area contributed by atoms with Crippen LogP contribution in [0.1, 0.15) is 97.1 Å². The molecule has 0 saturated carbocycles. The molecule has 0 saturated heterocycles. The molecule has 176 valence electrons. The molecule has 0 radical (unpaired) electrons. The highest BCUT2D eigenvalue weighted by Gasteiger charge is 2.29. The predicted octanol–water partition coefficient (Wildman–Crippen LogP) is 4.78. The van der Waals surface area contributed by atoms with Crippen molar-refractivity contribution in [2.45, 2.75) is 83.5 Å². The van der Waals surface area contributed by atoms with Crippen LogP contribution in [0.25, 0.3) is 0 Å². The number of nitrogens with zero attached hydrogens (tertiary/aromatic N) is 1. The first kappa shape index (κ1) is 23.8. The second-order valence-electron chi connectivity index (χ2n) is 9.95. The van der Waals surface area contributed by atoms with Gasteiger partial charge in [-0.15, -0.1) is 0 Å². The number of benzene rings is 2. The Hall–Kier alpha value is -2.35. The number of carbonyl (C=O) groups excluding carboxylic acids is 2. The number of rotatable bonds is 5. The van der Waals surface area contributed by atoms with Crippen molar-refractivity contribution in [1.82, 2.24) is 4.72 Å². The van der Waals surface area contributed by atoms with Crippen LogP contribution in [-0.2, 0) is 45.6 Å². The molecule has 2 aromatic carbocycles. The van der Waals surface area contributed by atoms with E-state index in [1.165, 1.54) is 16.7 Å². The van der Waals surface area contributed by atoms with E-state index in [1.54, 1.807) is 32.0 Å². The van der Waals surface area contributed by atoms with E-state index < -0.39 is 16.5 Å². The number of hydrogen-bond donors (Lipinski definition) is 2. The largest absolute Gasteiger partial charge is 0.386 e. The van der Waals surface area contributed by atoms with Crippen molar-refractivity contribution in [1.29, 1.82) is 0 Å². The molecule has 2 heterocycles. The molecule has 1 unspecified atom stereocenters. The van der Waals surface area contributed by atoms with E-state index in [1.807, 2.05) is 0 Å². The molecule has 0 fully saturated rings. The summed E-state index contributed by atoms with van der Waals surface area (Å²) in [7, 11) is -1.07. The molecule has 1 atom stereocenters. The second kappa shape index (κ2) is 8.78. The second-order valence-corrected chi connectivity index (χ2v) is 11.3. The van der Waals surface area contributed by atoms with Gasteiger partial charge in [0.15, 0.2) is 0 Å². The van der Waals surface area contributed by atoms with Crippen LogP contribution in [0, 0.1) is 0 Å². The summed E-state index contributed by atoms with van der Waals surface area (Å²) < 4.78 is 13.0. The normalized spacial score (nSPS) is 17.6. The molecule has 0 spiro atoms. The Morgan fingerprint density at radius 3 is 2.55 bits per heavy atom. The zero-order valence-corrected chi connectivity index (χ0v) is 20.9. The Bertz CT molecular complexity index is 1180. The Morgan fingerprint density at radius 2 is 1.91 bits per heavy atom. The molecule has 0 aliphatic carbocycles. The third kappa shape index (κ3) is 4.54. The van der Waals surface area contributed by atoms with Crippen LogP contribution in [0.4, 0.5) is 0 Å². The quantitative estimate of drug-likeness (QED) is 0.661. The number of hydrogen-bond acceptors (Lipinski definition) is 4. The van der Waals surface area contributed by atoms with Gasteiger partial charge in [0.1, 0.15) is 0 Å². The number of amides is 2. The fraction of sp³-hybridized carbons (Fsp3) is 0.462. The Labute approximate surface area is 198 Å². The molecule has 2 aromatic rings. The van der Waals surface area contributed by atoms with E-state index >= 15 is 0 Å². The van der Waals surface area contributed by atoms with E-state index in [9.17, 15) is 14.7 Å².